The molecule has 0 N–H and O–H groups in total. The predicted molar refractivity (Wildman–Crippen MR) is 62.7 cm³/mol. The highest BCUT2D eigenvalue weighted by atomic mass is 79.9. The molecule has 0 aliphatic rings. The molecule has 1 rings (SSSR count). The van der Waals surface area contributed by atoms with Gasteiger partial charge in [-0.3, -0.25) is 0 Å². The molecule has 4 nitrogen and oxygen atoms in total. The fourth-order valence-corrected chi connectivity index (χ4v) is 1.78. The summed E-state index contributed by atoms with van der Waals surface area (Å²) in [7, 11) is 2.84. The molecular formula is C9H9Br2NO3. The van der Waals surface area contributed by atoms with Crippen molar-refractivity contribution in [3.63, 3.8) is 0 Å². The molecule has 0 bridgehead atoms. The number of nitrogens with zero attached hydrogens (tertiary/aromatic N) is 1. The van der Waals surface area contributed by atoms with Crippen molar-refractivity contribution in [1.82, 2.24) is 4.98 Å². The molecule has 0 spiro atoms. The zero-order valence-corrected chi connectivity index (χ0v) is 11.3. The van der Waals surface area contributed by atoms with Gasteiger partial charge >= 0.3 is 5.97 Å². The van der Waals surface area contributed by atoms with E-state index in [9.17, 15) is 4.79 Å². The van der Waals surface area contributed by atoms with Crippen LogP contribution in [0.25, 0.3) is 0 Å². The molecule has 0 amide bonds. The quantitative estimate of drug-likeness (QED) is 0.628. The number of esters is 1. The van der Waals surface area contributed by atoms with E-state index in [0.717, 1.165) is 0 Å². The zero-order chi connectivity index (χ0) is 11.4. The summed E-state index contributed by atoms with van der Waals surface area (Å²) < 4.78 is 9.45. The fraction of sp³-hybridized carbons (Fsp3) is 0.333. The lowest BCUT2D eigenvalue weighted by atomic mass is 10.1. The monoisotopic (exact) mass is 337 g/mol. The van der Waals surface area contributed by atoms with Crippen LogP contribution in [0.5, 0.6) is 5.88 Å². The van der Waals surface area contributed by atoms with Gasteiger partial charge < -0.3 is 9.47 Å². The topological polar surface area (TPSA) is 48.4 Å². The second-order valence-electron chi connectivity index (χ2n) is 2.61. The van der Waals surface area contributed by atoms with Crippen molar-refractivity contribution in [3.8, 4) is 5.88 Å². The van der Waals surface area contributed by atoms with E-state index in [1.165, 1.54) is 20.4 Å². The third-order valence-electron chi connectivity index (χ3n) is 1.76. The summed E-state index contributed by atoms with van der Waals surface area (Å²) in [5.74, 6) is 0.0191. The van der Waals surface area contributed by atoms with Gasteiger partial charge in [0, 0.05) is 12.3 Å². The minimum atomic E-state index is -0.427. The lowest BCUT2D eigenvalue weighted by molar-refractivity contribution is 0.0599. The maximum atomic E-state index is 11.4. The third kappa shape index (κ3) is 2.92. The third-order valence-corrected chi connectivity index (χ3v) is 2.75. The minimum Gasteiger partial charge on any atom is -0.481 e. The van der Waals surface area contributed by atoms with Gasteiger partial charge in [0.15, 0.2) is 0 Å². The first kappa shape index (κ1) is 12.4. The number of hydrogen-bond donors (Lipinski definition) is 0. The van der Waals surface area contributed by atoms with Gasteiger partial charge in [0.05, 0.1) is 23.5 Å². The van der Waals surface area contributed by atoms with Gasteiger partial charge in [0.2, 0.25) is 5.88 Å². The molecule has 0 atom stereocenters. The Hall–Kier alpha value is -0.620. The van der Waals surface area contributed by atoms with Crippen LogP contribution in [-0.2, 0) is 4.74 Å². The van der Waals surface area contributed by atoms with Gasteiger partial charge in [-0.2, -0.15) is 0 Å². The van der Waals surface area contributed by atoms with Crippen molar-refractivity contribution in [2.24, 2.45) is 0 Å². The Kier molecular flexibility index (Phi) is 4.53. The van der Waals surface area contributed by atoms with E-state index in [4.69, 9.17) is 4.74 Å². The van der Waals surface area contributed by atoms with Crippen LogP contribution >= 0.6 is 31.9 Å². The molecule has 0 aromatic carbocycles. The second kappa shape index (κ2) is 5.46. The molecule has 0 saturated carbocycles. The molecule has 1 heterocycles. The number of carbonyl (C=O) groups is 1. The highest BCUT2D eigenvalue weighted by Crippen LogP contribution is 2.33. The van der Waals surface area contributed by atoms with Gasteiger partial charge in [-0.15, -0.1) is 0 Å². The molecule has 1 aromatic rings. The Morgan fingerprint density at radius 3 is 2.60 bits per heavy atom. The predicted octanol–water partition coefficient (Wildman–Crippen LogP) is 2.67. The number of aromatic nitrogens is 1. The summed E-state index contributed by atoms with van der Waals surface area (Å²) >= 11 is 6.64. The Balaban J connectivity index is 3.21. The maximum Gasteiger partial charge on any atom is 0.339 e. The summed E-state index contributed by atoms with van der Waals surface area (Å²) in [5.41, 5.74) is 1.12. The van der Waals surface area contributed by atoms with Gasteiger partial charge in [-0.05, 0) is 5.56 Å². The molecule has 6 heteroatoms. The van der Waals surface area contributed by atoms with Crippen LogP contribution in [0.3, 0.4) is 0 Å². The number of methoxy groups -OCH3 is 2. The molecule has 0 radical (unpaired) electrons. The van der Waals surface area contributed by atoms with Crippen LogP contribution in [0.1, 0.15) is 19.7 Å². The van der Waals surface area contributed by atoms with E-state index in [1.807, 2.05) is 0 Å². The Labute approximate surface area is 104 Å². The van der Waals surface area contributed by atoms with Crippen molar-refractivity contribution in [2.75, 3.05) is 14.2 Å². The lowest BCUT2D eigenvalue weighted by Crippen LogP contribution is -2.06. The highest BCUT2D eigenvalue weighted by molar-refractivity contribution is 9.24. The Morgan fingerprint density at radius 2 is 2.13 bits per heavy atom. The van der Waals surface area contributed by atoms with Gasteiger partial charge in [-0.25, -0.2) is 9.78 Å². The molecular weight excluding hydrogens is 330 g/mol. The highest BCUT2D eigenvalue weighted by Gasteiger charge is 2.17. The molecule has 0 aliphatic carbocycles. The van der Waals surface area contributed by atoms with Gasteiger partial charge in [0.1, 0.15) is 0 Å². The van der Waals surface area contributed by atoms with Crippen molar-refractivity contribution in [3.05, 3.63) is 23.4 Å². The number of ether oxygens (including phenoxy) is 2. The average Bonchev–Trinajstić information content (AvgIpc) is 2.27. The van der Waals surface area contributed by atoms with Crippen molar-refractivity contribution in [1.29, 1.82) is 0 Å². The first-order valence-electron chi connectivity index (χ1n) is 4.00. The summed E-state index contributed by atoms with van der Waals surface area (Å²) in [6.45, 7) is 0. The molecule has 82 valence electrons. The van der Waals surface area contributed by atoms with Gasteiger partial charge in [-0.1, -0.05) is 31.9 Å². The van der Waals surface area contributed by atoms with Crippen LogP contribution in [0.4, 0.5) is 0 Å². The van der Waals surface area contributed by atoms with E-state index in [2.05, 4.69) is 41.6 Å². The van der Waals surface area contributed by atoms with Crippen LogP contribution in [-0.4, -0.2) is 25.2 Å². The van der Waals surface area contributed by atoms with E-state index in [1.54, 1.807) is 6.07 Å². The van der Waals surface area contributed by atoms with Crippen molar-refractivity contribution < 1.29 is 14.3 Å². The summed E-state index contributed by atoms with van der Waals surface area (Å²) in [6, 6.07) is 1.67. The minimum absolute atomic E-state index is 0.156. The number of carbonyl (C=O) groups excluding carboxylic acids is 1. The summed E-state index contributed by atoms with van der Waals surface area (Å²) in [5, 5.41) is 0. The fourth-order valence-electron chi connectivity index (χ4n) is 1.02. The molecule has 0 fully saturated rings. The normalized spacial score (nSPS) is 10.2. The smallest absolute Gasteiger partial charge is 0.339 e. The summed E-state index contributed by atoms with van der Waals surface area (Å²) in [4.78, 5) is 15.3. The molecule has 0 saturated heterocycles. The number of rotatable bonds is 3. The molecule has 0 aliphatic heterocycles. The van der Waals surface area contributed by atoms with E-state index in [0.29, 0.717) is 17.0 Å². The van der Waals surface area contributed by atoms with Crippen LogP contribution in [0.2, 0.25) is 0 Å². The first-order valence-corrected chi connectivity index (χ1v) is 5.83. The van der Waals surface area contributed by atoms with E-state index < -0.39 is 5.97 Å². The number of hydrogen-bond acceptors (Lipinski definition) is 4. The first-order chi connectivity index (χ1) is 7.10. The van der Waals surface area contributed by atoms with E-state index in [-0.39, 0.29) is 3.74 Å². The van der Waals surface area contributed by atoms with E-state index >= 15 is 0 Å². The van der Waals surface area contributed by atoms with Crippen molar-refractivity contribution >= 4 is 37.8 Å². The average molecular weight is 339 g/mol. The maximum absolute atomic E-state index is 11.4. The largest absolute Gasteiger partial charge is 0.481 e. The Morgan fingerprint density at radius 1 is 1.47 bits per heavy atom. The lowest BCUT2D eigenvalue weighted by Gasteiger charge is -2.09. The van der Waals surface area contributed by atoms with Crippen LogP contribution < -0.4 is 4.74 Å². The zero-order valence-electron chi connectivity index (χ0n) is 8.16. The summed E-state index contributed by atoms with van der Waals surface area (Å²) in [6.07, 6.45) is 1.43. The van der Waals surface area contributed by atoms with Crippen LogP contribution in [0, 0.1) is 0 Å². The molecule has 15 heavy (non-hydrogen) atoms. The SMILES string of the molecule is COC(=O)c1cnc(OC)cc1C(Br)Br. The number of pyridine rings is 1. The molecule has 0 unspecified atom stereocenters. The molecule has 1 aromatic heterocycles. The standard InChI is InChI=1S/C9H9Br2NO3/c1-14-7-3-5(8(10)11)6(4-12-7)9(13)15-2/h3-4,8H,1-2H3. The van der Waals surface area contributed by atoms with Crippen molar-refractivity contribution in [2.45, 2.75) is 3.74 Å². The Bertz CT molecular complexity index is 368. The second-order valence-corrected chi connectivity index (χ2v) is 5.67. The van der Waals surface area contributed by atoms with Crippen LogP contribution in [0.15, 0.2) is 12.3 Å². The van der Waals surface area contributed by atoms with Gasteiger partial charge in [0.25, 0.3) is 0 Å². The number of halogens is 2. The number of alkyl halides is 2.